The predicted molar refractivity (Wildman–Crippen MR) is 54.7 cm³/mol. The van der Waals surface area contributed by atoms with Gasteiger partial charge >= 0.3 is 5.97 Å². The smallest absolute Gasteiger partial charge is 0.326 e. The van der Waals surface area contributed by atoms with Gasteiger partial charge in [-0.1, -0.05) is 0 Å². The first-order valence-electron chi connectivity index (χ1n) is 5.15. The lowest BCUT2D eigenvalue weighted by molar-refractivity contribution is -0.146. The summed E-state index contributed by atoms with van der Waals surface area (Å²) in [5, 5.41) is 8.97. The van der Waals surface area contributed by atoms with Crippen LogP contribution in [-0.2, 0) is 16.1 Å². The SMILES string of the molecule is Cc1ccoc1CN1C(=O)CCC1C(=O)O. The molecule has 16 heavy (non-hydrogen) atoms. The highest BCUT2D eigenvalue weighted by molar-refractivity contribution is 5.87. The number of nitrogens with zero attached hydrogens (tertiary/aromatic N) is 1. The highest BCUT2D eigenvalue weighted by Crippen LogP contribution is 2.23. The second kappa shape index (κ2) is 4.00. The van der Waals surface area contributed by atoms with Crippen molar-refractivity contribution in [1.29, 1.82) is 0 Å². The Morgan fingerprint density at radius 2 is 2.44 bits per heavy atom. The standard InChI is InChI=1S/C11H13NO4/c1-7-4-5-16-9(7)6-12-8(11(14)15)2-3-10(12)13/h4-5,8H,2-3,6H2,1H3,(H,14,15). The summed E-state index contributed by atoms with van der Waals surface area (Å²) in [6.45, 7) is 2.11. The topological polar surface area (TPSA) is 70.8 Å². The lowest BCUT2D eigenvalue weighted by Crippen LogP contribution is -2.37. The summed E-state index contributed by atoms with van der Waals surface area (Å²) in [6.07, 6.45) is 2.23. The second-order valence-corrected chi connectivity index (χ2v) is 3.94. The Bertz CT molecular complexity index is 423. The van der Waals surface area contributed by atoms with Crippen LogP contribution in [0.25, 0.3) is 0 Å². The largest absolute Gasteiger partial charge is 0.480 e. The zero-order valence-corrected chi connectivity index (χ0v) is 8.97. The van der Waals surface area contributed by atoms with E-state index < -0.39 is 12.0 Å². The summed E-state index contributed by atoms with van der Waals surface area (Å²) < 4.78 is 5.22. The fourth-order valence-electron chi connectivity index (χ4n) is 1.91. The number of carbonyl (C=O) groups is 2. The minimum atomic E-state index is -0.949. The first-order valence-corrected chi connectivity index (χ1v) is 5.15. The molecule has 1 aromatic rings. The van der Waals surface area contributed by atoms with Gasteiger partial charge in [0.15, 0.2) is 0 Å². The molecule has 0 bridgehead atoms. The molecular weight excluding hydrogens is 210 g/mol. The summed E-state index contributed by atoms with van der Waals surface area (Å²) in [5.74, 6) is -0.417. The van der Waals surface area contributed by atoms with E-state index in [4.69, 9.17) is 9.52 Å². The summed E-state index contributed by atoms with van der Waals surface area (Å²) in [5.41, 5.74) is 0.934. The molecule has 2 heterocycles. The fraction of sp³-hybridized carbons (Fsp3) is 0.455. The normalized spacial score (nSPS) is 20.4. The zero-order chi connectivity index (χ0) is 11.7. The number of carboxylic acids is 1. The summed E-state index contributed by atoms with van der Waals surface area (Å²) in [6, 6.07) is 1.09. The third-order valence-corrected chi connectivity index (χ3v) is 2.90. The van der Waals surface area contributed by atoms with Crippen molar-refractivity contribution in [3.05, 3.63) is 23.7 Å². The number of hydrogen-bond donors (Lipinski definition) is 1. The number of likely N-dealkylation sites (tertiary alicyclic amines) is 1. The van der Waals surface area contributed by atoms with E-state index in [0.717, 1.165) is 5.56 Å². The third kappa shape index (κ3) is 1.80. The molecule has 0 aliphatic carbocycles. The van der Waals surface area contributed by atoms with Gasteiger partial charge in [0.1, 0.15) is 11.8 Å². The molecule has 2 rings (SSSR count). The average Bonchev–Trinajstić information content (AvgIpc) is 2.76. The molecule has 0 aromatic carbocycles. The Morgan fingerprint density at radius 3 is 3.00 bits per heavy atom. The maximum Gasteiger partial charge on any atom is 0.326 e. The molecule has 1 fully saturated rings. The molecule has 1 N–H and O–H groups in total. The number of amides is 1. The highest BCUT2D eigenvalue weighted by atomic mass is 16.4. The molecule has 1 atom stereocenters. The van der Waals surface area contributed by atoms with Crippen LogP contribution in [0.3, 0.4) is 0 Å². The Morgan fingerprint density at radius 1 is 1.69 bits per heavy atom. The van der Waals surface area contributed by atoms with E-state index in [9.17, 15) is 9.59 Å². The van der Waals surface area contributed by atoms with Gasteiger partial charge < -0.3 is 14.4 Å². The molecule has 1 aliphatic rings. The lowest BCUT2D eigenvalue weighted by atomic mass is 10.2. The molecule has 1 unspecified atom stereocenters. The van der Waals surface area contributed by atoms with Gasteiger partial charge in [-0.05, 0) is 25.0 Å². The molecule has 1 aromatic heterocycles. The van der Waals surface area contributed by atoms with E-state index in [2.05, 4.69) is 0 Å². The monoisotopic (exact) mass is 223 g/mol. The van der Waals surface area contributed by atoms with E-state index in [1.165, 1.54) is 4.90 Å². The fourth-order valence-corrected chi connectivity index (χ4v) is 1.91. The molecule has 5 nitrogen and oxygen atoms in total. The predicted octanol–water partition coefficient (Wildman–Crippen LogP) is 1.16. The van der Waals surface area contributed by atoms with Gasteiger partial charge in [-0.25, -0.2) is 4.79 Å². The van der Waals surface area contributed by atoms with E-state index in [0.29, 0.717) is 18.6 Å². The van der Waals surface area contributed by atoms with Gasteiger partial charge in [0.05, 0.1) is 12.8 Å². The summed E-state index contributed by atoms with van der Waals surface area (Å²) in [7, 11) is 0. The van der Waals surface area contributed by atoms with Gasteiger partial charge in [0.2, 0.25) is 5.91 Å². The van der Waals surface area contributed by atoms with Crippen LogP contribution >= 0.6 is 0 Å². The Kier molecular flexibility index (Phi) is 2.68. The van der Waals surface area contributed by atoms with Crippen molar-refractivity contribution in [2.45, 2.75) is 32.4 Å². The van der Waals surface area contributed by atoms with Crippen molar-refractivity contribution in [2.24, 2.45) is 0 Å². The van der Waals surface area contributed by atoms with Crippen molar-refractivity contribution in [3.8, 4) is 0 Å². The third-order valence-electron chi connectivity index (χ3n) is 2.90. The number of carboxylic acid groups (broad SMARTS) is 1. The van der Waals surface area contributed by atoms with Crippen LogP contribution in [0.1, 0.15) is 24.2 Å². The van der Waals surface area contributed by atoms with E-state index in [1.807, 2.05) is 6.92 Å². The Labute approximate surface area is 92.7 Å². The Balaban J connectivity index is 2.16. The number of rotatable bonds is 3. The number of hydrogen-bond acceptors (Lipinski definition) is 3. The maximum atomic E-state index is 11.5. The average molecular weight is 223 g/mol. The van der Waals surface area contributed by atoms with Gasteiger partial charge in [-0.2, -0.15) is 0 Å². The van der Waals surface area contributed by atoms with Crippen LogP contribution < -0.4 is 0 Å². The van der Waals surface area contributed by atoms with Crippen molar-refractivity contribution in [3.63, 3.8) is 0 Å². The minimum absolute atomic E-state index is 0.122. The van der Waals surface area contributed by atoms with E-state index in [-0.39, 0.29) is 12.5 Å². The molecule has 1 aliphatic heterocycles. The zero-order valence-electron chi connectivity index (χ0n) is 8.97. The first kappa shape index (κ1) is 10.7. The van der Waals surface area contributed by atoms with Gasteiger partial charge in [0, 0.05) is 6.42 Å². The number of furan rings is 1. The summed E-state index contributed by atoms with van der Waals surface area (Å²) >= 11 is 0. The molecular formula is C11H13NO4. The van der Waals surface area contributed by atoms with Crippen molar-refractivity contribution < 1.29 is 19.1 Å². The van der Waals surface area contributed by atoms with Crippen LogP contribution in [0.15, 0.2) is 16.7 Å². The number of carbonyl (C=O) groups excluding carboxylic acids is 1. The number of aliphatic carboxylic acids is 1. The van der Waals surface area contributed by atoms with Crippen molar-refractivity contribution >= 4 is 11.9 Å². The van der Waals surface area contributed by atoms with Crippen LogP contribution in [0.4, 0.5) is 0 Å². The van der Waals surface area contributed by atoms with E-state index >= 15 is 0 Å². The molecule has 86 valence electrons. The summed E-state index contributed by atoms with van der Waals surface area (Å²) in [4.78, 5) is 23.9. The maximum absolute atomic E-state index is 11.5. The molecule has 1 amide bonds. The van der Waals surface area contributed by atoms with Gasteiger partial charge in [0.25, 0.3) is 0 Å². The molecule has 5 heteroatoms. The molecule has 0 radical (unpaired) electrons. The lowest BCUT2D eigenvalue weighted by Gasteiger charge is -2.20. The molecule has 0 spiro atoms. The molecule has 0 saturated carbocycles. The van der Waals surface area contributed by atoms with Crippen molar-refractivity contribution in [1.82, 2.24) is 4.90 Å². The highest BCUT2D eigenvalue weighted by Gasteiger charge is 2.36. The minimum Gasteiger partial charge on any atom is -0.480 e. The Hall–Kier alpha value is -1.78. The van der Waals surface area contributed by atoms with Gasteiger partial charge in [-0.3, -0.25) is 4.79 Å². The van der Waals surface area contributed by atoms with Crippen LogP contribution in [-0.4, -0.2) is 27.9 Å². The van der Waals surface area contributed by atoms with Crippen LogP contribution in [0, 0.1) is 6.92 Å². The number of aryl methyl sites for hydroxylation is 1. The first-order chi connectivity index (χ1) is 7.59. The second-order valence-electron chi connectivity index (χ2n) is 3.94. The molecule has 1 saturated heterocycles. The van der Waals surface area contributed by atoms with Gasteiger partial charge in [-0.15, -0.1) is 0 Å². The van der Waals surface area contributed by atoms with Crippen LogP contribution in [0.2, 0.25) is 0 Å². The van der Waals surface area contributed by atoms with Crippen molar-refractivity contribution in [2.75, 3.05) is 0 Å². The van der Waals surface area contributed by atoms with Crippen LogP contribution in [0.5, 0.6) is 0 Å². The quantitative estimate of drug-likeness (QED) is 0.834. The van der Waals surface area contributed by atoms with E-state index in [1.54, 1.807) is 12.3 Å².